The van der Waals surface area contributed by atoms with Crippen molar-refractivity contribution >= 4 is 11.8 Å². The van der Waals surface area contributed by atoms with E-state index in [-0.39, 0.29) is 11.8 Å². The normalized spacial score (nSPS) is 28.9. The molecule has 0 bridgehead atoms. The fourth-order valence-corrected chi connectivity index (χ4v) is 4.73. The van der Waals surface area contributed by atoms with Crippen molar-refractivity contribution < 1.29 is 14.3 Å². The third-order valence-corrected chi connectivity index (χ3v) is 6.51. The molecule has 1 saturated carbocycles. The van der Waals surface area contributed by atoms with Crippen LogP contribution in [0.1, 0.15) is 38.5 Å². The van der Waals surface area contributed by atoms with Gasteiger partial charge >= 0.3 is 0 Å². The summed E-state index contributed by atoms with van der Waals surface area (Å²) < 4.78 is 5.38. The Balaban J connectivity index is 1.21. The van der Waals surface area contributed by atoms with E-state index in [9.17, 15) is 9.59 Å². The van der Waals surface area contributed by atoms with Gasteiger partial charge in [-0.2, -0.15) is 0 Å². The Morgan fingerprint density at radius 3 is 2.37 bits per heavy atom. The number of hydrogen-bond acceptors (Lipinski definition) is 5. The van der Waals surface area contributed by atoms with Gasteiger partial charge in [0.05, 0.1) is 25.7 Å². The van der Waals surface area contributed by atoms with Crippen molar-refractivity contribution in [1.29, 1.82) is 0 Å². The zero-order valence-corrected chi connectivity index (χ0v) is 16.4. The molecule has 1 aliphatic carbocycles. The van der Waals surface area contributed by atoms with Crippen LogP contribution in [0.2, 0.25) is 0 Å². The molecule has 2 amide bonds. The first-order chi connectivity index (χ1) is 13.2. The highest BCUT2D eigenvalue weighted by Gasteiger charge is 2.34. The summed E-state index contributed by atoms with van der Waals surface area (Å²) in [6, 6.07) is 1.01. The van der Waals surface area contributed by atoms with E-state index >= 15 is 0 Å². The van der Waals surface area contributed by atoms with Gasteiger partial charge in [0.15, 0.2) is 0 Å². The molecule has 3 saturated heterocycles. The number of piperidine rings is 2. The highest BCUT2D eigenvalue weighted by atomic mass is 16.5. The largest absolute Gasteiger partial charge is 0.378 e. The van der Waals surface area contributed by atoms with Crippen LogP contribution in [0.5, 0.6) is 0 Å². The first-order valence-electron chi connectivity index (χ1n) is 10.8. The van der Waals surface area contributed by atoms with Gasteiger partial charge in [-0.25, -0.2) is 0 Å². The van der Waals surface area contributed by atoms with E-state index in [1.807, 2.05) is 4.90 Å². The summed E-state index contributed by atoms with van der Waals surface area (Å²) in [5.74, 6) is 0.668. The van der Waals surface area contributed by atoms with E-state index < -0.39 is 0 Å². The SMILES string of the molecule is O=C(CN1CCC(N2CCC[C@H](C(=O)N3CCOCC3)C2)CC1)NC1CC1. The van der Waals surface area contributed by atoms with Crippen LogP contribution in [0.25, 0.3) is 0 Å². The molecule has 0 aromatic rings. The smallest absolute Gasteiger partial charge is 0.234 e. The molecule has 27 heavy (non-hydrogen) atoms. The Hall–Kier alpha value is -1.18. The molecule has 0 radical (unpaired) electrons. The molecule has 1 atom stereocenters. The number of hydrogen-bond donors (Lipinski definition) is 1. The van der Waals surface area contributed by atoms with Crippen LogP contribution >= 0.6 is 0 Å². The lowest BCUT2D eigenvalue weighted by molar-refractivity contribution is -0.142. The van der Waals surface area contributed by atoms with Crippen molar-refractivity contribution in [2.75, 3.05) is 59.0 Å². The van der Waals surface area contributed by atoms with E-state index in [2.05, 4.69) is 15.1 Å². The van der Waals surface area contributed by atoms with Crippen molar-refractivity contribution in [3.05, 3.63) is 0 Å². The Morgan fingerprint density at radius 1 is 0.926 bits per heavy atom. The van der Waals surface area contributed by atoms with Gasteiger partial charge in [0.2, 0.25) is 11.8 Å². The molecular weight excluding hydrogens is 344 g/mol. The number of likely N-dealkylation sites (tertiary alicyclic amines) is 2. The topological polar surface area (TPSA) is 65.1 Å². The molecule has 4 fully saturated rings. The number of amides is 2. The van der Waals surface area contributed by atoms with Crippen LogP contribution in [0.4, 0.5) is 0 Å². The lowest BCUT2D eigenvalue weighted by Crippen LogP contribution is -2.53. The van der Waals surface area contributed by atoms with Gasteiger partial charge in [0, 0.05) is 44.8 Å². The minimum atomic E-state index is 0.152. The fraction of sp³-hybridized carbons (Fsp3) is 0.900. The summed E-state index contributed by atoms with van der Waals surface area (Å²) in [6.45, 7) is 7.38. The molecule has 1 N–H and O–H groups in total. The molecule has 7 nitrogen and oxygen atoms in total. The first-order valence-corrected chi connectivity index (χ1v) is 10.8. The van der Waals surface area contributed by atoms with Crippen LogP contribution in [-0.4, -0.2) is 97.6 Å². The number of nitrogens with zero attached hydrogens (tertiary/aromatic N) is 3. The summed E-state index contributed by atoms with van der Waals surface area (Å²) in [6.07, 6.45) is 6.64. The summed E-state index contributed by atoms with van der Waals surface area (Å²) in [5, 5.41) is 3.08. The van der Waals surface area contributed by atoms with Crippen molar-refractivity contribution in [2.24, 2.45) is 5.92 Å². The molecule has 0 unspecified atom stereocenters. The second kappa shape index (κ2) is 8.88. The van der Waals surface area contributed by atoms with Gasteiger partial charge in [-0.15, -0.1) is 0 Å². The van der Waals surface area contributed by atoms with Crippen molar-refractivity contribution in [2.45, 2.75) is 50.6 Å². The van der Waals surface area contributed by atoms with Gasteiger partial charge in [-0.3, -0.25) is 19.4 Å². The van der Waals surface area contributed by atoms with Gasteiger partial charge in [0.25, 0.3) is 0 Å². The summed E-state index contributed by atoms with van der Waals surface area (Å²) in [5.41, 5.74) is 0. The van der Waals surface area contributed by atoms with Gasteiger partial charge in [-0.05, 0) is 45.1 Å². The van der Waals surface area contributed by atoms with E-state index in [0.717, 1.165) is 77.8 Å². The molecule has 7 heteroatoms. The van der Waals surface area contributed by atoms with Crippen LogP contribution in [-0.2, 0) is 14.3 Å². The number of ether oxygens (including phenoxy) is 1. The fourth-order valence-electron chi connectivity index (χ4n) is 4.73. The average molecular weight is 379 g/mol. The number of nitrogens with one attached hydrogen (secondary N) is 1. The molecule has 0 spiro atoms. The third-order valence-electron chi connectivity index (χ3n) is 6.51. The average Bonchev–Trinajstić information content (AvgIpc) is 3.52. The maximum Gasteiger partial charge on any atom is 0.234 e. The first kappa shape index (κ1) is 19.2. The molecular formula is C20H34N4O3. The summed E-state index contributed by atoms with van der Waals surface area (Å²) in [7, 11) is 0. The third kappa shape index (κ3) is 5.21. The Morgan fingerprint density at radius 2 is 1.67 bits per heavy atom. The zero-order chi connectivity index (χ0) is 18.6. The predicted octanol–water partition coefficient (Wildman–Crippen LogP) is 0.300. The van der Waals surface area contributed by atoms with Crippen molar-refractivity contribution in [1.82, 2.24) is 20.0 Å². The van der Waals surface area contributed by atoms with E-state index in [4.69, 9.17) is 4.74 Å². The Labute approximate surface area is 162 Å². The molecule has 4 aliphatic rings. The molecule has 4 rings (SSSR count). The van der Waals surface area contributed by atoms with Crippen LogP contribution < -0.4 is 5.32 Å². The van der Waals surface area contributed by atoms with Crippen molar-refractivity contribution in [3.8, 4) is 0 Å². The van der Waals surface area contributed by atoms with Gasteiger partial charge < -0.3 is 15.0 Å². The summed E-state index contributed by atoms with van der Waals surface area (Å²) in [4.78, 5) is 31.7. The quantitative estimate of drug-likeness (QED) is 0.746. The highest BCUT2D eigenvalue weighted by molar-refractivity contribution is 5.79. The minimum absolute atomic E-state index is 0.152. The van der Waals surface area contributed by atoms with Crippen LogP contribution in [0.3, 0.4) is 0 Å². The summed E-state index contributed by atoms with van der Waals surface area (Å²) >= 11 is 0. The molecule has 0 aromatic heterocycles. The maximum absolute atomic E-state index is 12.8. The highest BCUT2D eigenvalue weighted by Crippen LogP contribution is 2.25. The standard InChI is InChI=1S/C20H34N4O3/c25-19(21-17-3-4-17)15-22-8-5-18(6-9-22)24-7-1-2-16(14-24)20(26)23-10-12-27-13-11-23/h16-18H,1-15H2,(H,21,25)/t16-/m0/s1. The van der Waals surface area contributed by atoms with Gasteiger partial charge in [-0.1, -0.05) is 0 Å². The number of carbonyl (C=O) groups is 2. The number of morpholine rings is 1. The Bertz CT molecular complexity index is 525. The number of carbonyl (C=O) groups excluding carboxylic acids is 2. The van der Waals surface area contributed by atoms with Gasteiger partial charge in [0.1, 0.15) is 0 Å². The van der Waals surface area contributed by atoms with Crippen LogP contribution in [0, 0.1) is 5.92 Å². The molecule has 152 valence electrons. The minimum Gasteiger partial charge on any atom is -0.378 e. The maximum atomic E-state index is 12.8. The molecule has 3 aliphatic heterocycles. The lowest BCUT2D eigenvalue weighted by Gasteiger charge is -2.42. The zero-order valence-electron chi connectivity index (χ0n) is 16.4. The molecule has 0 aromatic carbocycles. The van der Waals surface area contributed by atoms with E-state index in [1.54, 1.807) is 0 Å². The predicted molar refractivity (Wildman–Crippen MR) is 102 cm³/mol. The van der Waals surface area contributed by atoms with E-state index in [1.165, 1.54) is 0 Å². The monoisotopic (exact) mass is 378 g/mol. The van der Waals surface area contributed by atoms with Crippen LogP contribution in [0.15, 0.2) is 0 Å². The molecule has 3 heterocycles. The second-order valence-electron chi connectivity index (χ2n) is 8.62. The van der Waals surface area contributed by atoms with E-state index in [0.29, 0.717) is 37.7 Å². The lowest BCUT2D eigenvalue weighted by atomic mass is 9.92. The van der Waals surface area contributed by atoms with Crippen molar-refractivity contribution in [3.63, 3.8) is 0 Å². The second-order valence-corrected chi connectivity index (χ2v) is 8.62. The Kier molecular flexibility index (Phi) is 6.30. The number of rotatable bonds is 5.